The highest BCUT2D eigenvalue weighted by molar-refractivity contribution is 6.04. The largest absolute Gasteiger partial charge is 0.573 e. The molecule has 0 atom stereocenters. The highest BCUT2D eigenvalue weighted by Crippen LogP contribution is 2.25. The molecule has 144 valence electrons. The number of benzene rings is 3. The van der Waals surface area contributed by atoms with Crippen LogP contribution < -0.4 is 14.8 Å². The molecule has 0 heterocycles. The van der Waals surface area contributed by atoms with E-state index in [9.17, 15) is 18.0 Å². The number of alkyl halides is 3. The fraction of sp³-hybridized carbons (Fsp3) is 0.0952. The van der Waals surface area contributed by atoms with E-state index < -0.39 is 18.0 Å². The van der Waals surface area contributed by atoms with Crippen LogP contribution in [0, 0.1) is 0 Å². The van der Waals surface area contributed by atoms with Crippen molar-refractivity contribution >= 4 is 11.6 Å². The maximum atomic E-state index is 12.4. The second-order valence-electron chi connectivity index (χ2n) is 5.83. The number of halogens is 3. The topological polar surface area (TPSA) is 47.6 Å². The molecule has 0 aliphatic heterocycles. The predicted octanol–water partition coefficient (Wildman–Crippen LogP) is 5.42. The summed E-state index contributed by atoms with van der Waals surface area (Å²) in [6, 6.07) is 21.2. The first-order valence-electron chi connectivity index (χ1n) is 8.33. The molecule has 7 heteroatoms. The van der Waals surface area contributed by atoms with Crippen LogP contribution in [0.4, 0.5) is 18.9 Å². The smallest absolute Gasteiger partial charge is 0.489 e. The van der Waals surface area contributed by atoms with E-state index in [0.29, 0.717) is 17.9 Å². The summed E-state index contributed by atoms with van der Waals surface area (Å²) in [4.78, 5) is 12.4. The number of hydrogen-bond acceptors (Lipinski definition) is 3. The van der Waals surface area contributed by atoms with Crippen molar-refractivity contribution in [3.8, 4) is 11.5 Å². The molecule has 0 aliphatic rings. The van der Waals surface area contributed by atoms with Crippen LogP contribution in [0.3, 0.4) is 0 Å². The van der Waals surface area contributed by atoms with Gasteiger partial charge in [-0.1, -0.05) is 42.5 Å². The molecule has 3 aromatic rings. The monoisotopic (exact) mass is 387 g/mol. The lowest BCUT2D eigenvalue weighted by atomic mass is 10.2. The van der Waals surface area contributed by atoms with Gasteiger partial charge in [0.25, 0.3) is 5.91 Å². The van der Waals surface area contributed by atoms with Crippen LogP contribution in [0.5, 0.6) is 11.5 Å². The van der Waals surface area contributed by atoms with Crippen molar-refractivity contribution in [2.24, 2.45) is 0 Å². The van der Waals surface area contributed by atoms with Crippen LogP contribution in [0.2, 0.25) is 0 Å². The van der Waals surface area contributed by atoms with Gasteiger partial charge in [0.1, 0.15) is 18.1 Å². The van der Waals surface area contributed by atoms with Crippen LogP contribution in [0.1, 0.15) is 15.9 Å². The summed E-state index contributed by atoms with van der Waals surface area (Å²) < 4.78 is 46.5. The fourth-order valence-electron chi connectivity index (χ4n) is 2.44. The van der Waals surface area contributed by atoms with Gasteiger partial charge in [-0.3, -0.25) is 4.79 Å². The number of anilines is 1. The Morgan fingerprint density at radius 2 is 1.57 bits per heavy atom. The van der Waals surface area contributed by atoms with E-state index in [2.05, 4.69) is 10.1 Å². The third kappa shape index (κ3) is 5.77. The molecule has 28 heavy (non-hydrogen) atoms. The van der Waals surface area contributed by atoms with Gasteiger partial charge in [0.05, 0.1) is 0 Å². The second-order valence-corrected chi connectivity index (χ2v) is 5.83. The Morgan fingerprint density at radius 1 is 0.857 bits per heavy atom. The normalized spacial score (nSPS) is 11.0. The minimum atomic E-state index is -4.80. The van der Waals surface area contributed by atoms with E-state index in [-0.39, 0.29) is 5.69 Å². The maximum absolute atomic E-state index is 12.4. The van der Waals surface area contributed by atoms with Crippen molar-refractivity contribution < 1.29 is 27.4 Å². The standard InChI is InChI=1S/C21H16F3NO3/c22-21(23,24)28-19-11-5-9-17(13-19)25-20(26)16-8-4-10-18(12-16)27-14-15-6-2-1-3-7-15/h1-13H,14H2,(H,25,26). The minimum absolute atomic E-state index is 0.183. The zero-order valence-corrected chi connectivity index (χ0v) is 14.6. The zero-order valence-electron chi connectivity index (χ0n) is 14.6. The molecule has 1 amide bonds. The molecule has 0 unspecified atom stereocenters. The zero-order chi connectivity index (χ0) is 20.0. The molecule has 0 aromatic heterocycles. The van der Waals surface area contributed by atoms with Crippen molar-refractivity contribution in [1.82, 2.24) is 0 Å². The van der Waals surface area contributed by atoms with Gasteiger partial charge in [-0.25, -0.2) is 0 Å². The van der Waals surface area contributed by atoms with E-state index in [1.165, 1.54) is 12.1 Å². The average Bonchev–Trinajstić information content (AvgIpc) is 2.66. The number of carbonyl (C=O) groups is 1. The SMILES string of the molecule is O=C(Nc1cccc(OC(F)(F)F)c1)c1cccc(OCc2ccccc2)c1. The summed E-state index contributed by atoms with van der Waals surface area (Å²) in [6.45, 7) is 0.350. The summed E-state index contributed by atoms with van der Waals surface area (Å²) in [5, 5.41) is 2.54. The van der Waals surface area contributed by atoms with Crippen molar-refractivity contribution in [1.29, 1.82) is 0 Å². The summed E-state index contributed by atoms with van der Waals surface area (Å²) in [5.41, 5.74) is 1.48. The lowest BCUT2D eigenvalue weighted by molar-refractivity contribution is -0.274. The van der Waals surface area contributed by atoms with Crippen LogP contribution in [-0.4, -0.2) is 12.3 Å². The Balaban J connectivity index is 1.65. The Labute approximate surface area is 159 Å². The van der Waals surface area contributed by atoms with E-state index in [4.69, 9.17) is 4.74 Å². The van der Waals surface area contributed by atoms with Crippen LogP contribution in [0.25, 0.3) is 0 Å². The van der Waals surface area contributed by atoms with Gasteiger partial charge in [-0.15, -0.1) is 13.2 Å². The number of amides is 1. The second kappa shape index (κ2) is 8.47. The van der Waals surface area contributed by atoms with Crippen LogP contribution >= 0.6 is 0 Å². The lowest BCUT2D eigenvalue weighted by Crippen LogP contribution is -2.17. The maximum Gasteiger partial charge on any atom is 0.573 e. The number of rotatable bonds is 6. The first kappa shape index (κ1) is 19.3. The molecule has 1 N–H and O–H groups in total. The van der Waals surface area contributed by atoms with Gasteiger partial charge in [0.15, 0.2) is 0 Å². The third-order valence-electron chi connectivity index (χ3n) is 3.67. The highest BCUT2D eigenvalue weighted by Gasteiger charge is 2.31. The predicted molar refractivity (Wildman–Crippen MR) is 98.3 cm³/mol. The van der Waals surface area contributed by atoms with Crippen molar-refractivity contribution in [3.05, 3.63) is 90.0 Å². The van der Waals surface area contributed by atoms with Gasteiger partial charge >= 0.3 is 6.36 Å². The number of hydrogen-bond donors (Lipinski definition) is 1. The molecule has 0 aliphatic carbocycles. The van der Waals surface area contributed by atoms with Gasteiger partial charge in [-0.2, -0.15) is 0 Å². The summed E-state index contributed by atoms with van der Waals surface area (Å²) in [7, 11) is 0. The molecular formula is C21H16F3NO3. The first-order chi connectivity index (χ1) is 13.4. The molecule has 0 bridgehead atoms. The summed E-state index contributed by atoms with van der Waals surface area (Å²) >= 11 is 0. The number of carbonyl (C=O) groups excluding carboxylic acids is 1. The molecule has 0 radical (unpaired) electrons. The molecule has 0 saturated heterocycles. The van der Waals surface area contributed by atoms with Crippen molar-refractivity contribution in [2.75, 3.05) is 5.32 Å². The summed E-state index contributed by atoms with van der Waals surface area (Å²) in [6.07, 6.45) is -4.80. The van der Waals surface area contributed by atoms with E-state index in [1.54, 1.807) is 24.3 Å². The highest BCUT2D eigenvalue weighted by atomic mass is 19.4. The van der Waals surface area contributed by atoms with Crippen molar-refractivity contribution in [3.63, 3.8) is 0 Å². The Morgan fingerprint density at radius 3 is 2.32 bits per heavy atom. The van der Waals surface area contributed by atoms with Gasteiger partial charge in [0, 0.05) is 17.3 Å². The molecule has 0 spiro atoms. The third-order valence-corrected chi connectivity index (χ3v) is 3.67. The van der Waals surface area contributed by atoms with E-state index >= 15 is 0 Å². The molecule has 0 fully saturated rings. The van der Waals surface area contributed by atoms with Crippen molar-refractivity contribution in [2.45, 2.75) is 13.0 Å². The first-order valence-corrected chi connectivity index (χ1v) is 8.33. The quantitative estimate of drug-likeness (QED) is 0.615. The molecule has 3 aromatic carbocycles. The Hall–Kier alpha value is -3.48. The molecule has 0 saturated carbocycles. The van der Waals surface area contributed by atoms with Gasteiger partial charge in [0.2, 0.25) is 0 Å². The van der Waals surface area contributed by atoms with E-state index in [1.807, 2.05) is 30.3 Å². The number of ether oxygens (including phenoxy) is 2. The minimum Gasteiger partial charge on any atom is -0.489 e. The average molecular weight is 387 g/mol. The van der Waals surface area contributed by atoms with Gasteiger partial charge in [-0.05, 0) is 35.9 Å². The van der Waals surface area contributed by atoms with Crippen LogP contribution in [-0.2, 0) is 6.61 Å². The van der Waals surface area contributed by atoms with Crippen LogP contribution in [0.15, 0.2) is 78.9 Å². The van der Waals surface area contributed by atoms with Gasteiger partial charge < -0.3 is 14.8 Å². The van der Waals surface area contributed by atoms with E-state index in [0.717, 1.165) is 17.7 Å². The Kier molecular flexibility index (Phi) is 5.84. The number of nitrogens with one attached hydrogen (secondary N) is 1. The lowest BCUT2D eigenvalue weighted by Gasteiger charge is -2.11. The fourth-order valence-corrected chi connectivity index (χ4v) is 2.44. The Bertz CT molecular complexity index is 943. The molecular weight excluding hydrogens is 371 g/mol. The summed E-state index contributed by atoms with van der Waals surface area (Å²) in [5.74, 6) is -0.384. The molecule has 3 rings (SSSR count). The molecule has 4 nitrogen and oxygen atoms in total.